The molecule has 0 aliphatic heterocycles. The van der Waals surface area contributed by atoms with Gasteiger partial charge in [0.25, 0.3) is 0 Å². The molecule has 0 saturated heterocycles. The molecular formula is C30H18N2S. The van der Waals surface area contributed by atoms with E-state index in [2.05, 4.69) is 82.2 Å². The fourth-order valence-corrected chi connectivity index (χ4v) is 6.60. The lowest BCUT2D eigenvalue weighted by Crippen LogP contribution is -1.85. The molecule has 0 aliphatic carbocycles. The molecule has 4 heterocycles. The van der Waals surface area contributed by atoms with Gasteiger partial charge in [0.15, 0.2) is 0 Å². The van der Waals surface area contributed by atoms with Crippen molar-refractivity contribution in [3.8, 4) is 11.3 Å². The molecule has 8 rings (SSSR count). The van der Waals surface area contributed by atoms with Gasteiger partial charge in [-0.25, -0.2) is 0 Å². The Balaban J connectivity index is 1.48. The zero-order valence-electron chi connectivity index (χ0n) is 20.5. The smallest absolute Gasteiger partial charge is 0.0702 e. The molecule has 0 unspecified atom stereocenters. The second kappa shape index (κ2) is 6.09. The van der Waals surface area contributed by atoms with Crippen molar-refractivity contribution in [2.75, 3.05) is 0 Å². The standard InChI is InChI=1S/C30H18N2S/c1-17-9-12-24(31-16-17)18-10-13-25-23(15-18)20-7-4-6-19-21-11-14-27-28(30(21)32(25)29(19)20)22-5-2-3-8-26(22)33-27/h2-16H,1H3/i1D3. The van der Waals surface area contributed by atoms with Gasteiger partial charge in [0.2, 0.25) is 0 Å². The van der Waals surface area contributed by atoms with Crippen LogP contribution in [0, 0.1) is 6.85 Å². The van der Waals surface area contributed by atoms with Gasteiger partial charge in [-0.2, -0.15) is 0 Å². The van der Waals surface area contributed by atoms with E-state index in [1.54, 1.807) is 12.1 Å². The molecule has 0 saturated carbocycles. The van der Waals surface area contributed by atoms with Crippen molar-refractivity contribution in [1.82, 2.24) is 9.38 Å². The number of thiophene rings is 1. The summed E-state index contributed by atoms with van der Waals surface area (Å²) in [6, 6.07) is 29.7. The molecule has 154 valence electrons. The maximum Gasteiger partial charge on any atom is 0.0702 e. The Morgan fingerprint density at radius 1 is 0.727 bits per heavy atom. The van der Waals surface area contributed by atoms with Gasteiger partial charge >= 0.3 is 0 Å². The number of nitrogens with zero attached hydrogens (tertiary/aromatic N) is 2. The molecule has 4 aromatic carbocycles. The van der Waals surface area contributed by atoms with E-state index in [4.69, 9.17) is 4.11 Å². The first-order chi connectivity index (χ1) is 17.5. The Morgan fingerprint density at radius 3 is 2.45 bits per heavy atom. The molecule has 0 fully saturated rings. The molecule has 0 bridgehead atoms. The van der Waals surface area contributed by atoms with Crippen molar-refractivity contribution >= 4 is 69.6 Å². The zero-order chi connectivity index (χ0) is 24.2. The highest BCUT2D eigenvalue weighted by atomic mass is 32.1. The summed E-state index contributed by atoms with van der Waals surface area (Å²) in [5.41, 5.74) is 5.68. The van der Waals surface area contributed by atoms with E-state index < -0.39 is 6.85 Å². The minimum absolute atomic E-state index is 0.256. The van der Waals surface area contributed by atoms with E-state index in [0.29, 0.717) is 0 Å². The molecule has 0 spiro atoms. The Labute approximate surface area is 197 Å². The van der Waals surface area contributed by atoms with Crippen molar-refractivity contribution < 1.29 is 4.11 Å². The van der Waals surface area contributed by atoms with Crippen LogP contribution in [0.4, 0.5) is 0 Å². The highest BCUT2D eigenvalue weighted by Gasteiger charge is 2.20. The van der Waals surface area contributed by atoms with Gasteiger partial charge in [0, 0.05) is 57.6 Å². The van der Waals surface area contributed by atoms with Crippen LogP contribution in [0.25, 0.3) is 69.5 Å². The minimum Gasteiger partial charge on any atom is -0.307 e. The first kappa shape index (κ1) is 15.0. The number of pyridine rings is 1. The van der Waals surface area contributed by atoms with Crippen LogP contribution >= 0.6 is 11.3 Å². The van der Waals surface area contributed by atoms with Gasteiger partial charge in [0.1, 0.15) is 0 Å². The maximum atomic E-state index is 7.62. The number of hydrogen-bond donors (Lipinski definition) is 0. The number of benzene rings is 4. The fourth-order valence-electron chi connectivity index (χ4n) is 5.49. The van der Waals surface area contributed by atoms with Crippen LogP contribution in [0.3, 0.4) is 0 Å². The van der Waals surface area contributed by atoms with E-state index in [1.807, 2.05) is 11.3 Å². The minimum atomic E-state index is -2.15. The van der Waals surface area contributed by atoms with Crippen LogP contribution in [-0.2, 0) is 0 Å². The number of aryl methyl sites for hydroxylation is 1. The van der Waals surface area contributed by atoms with E-state index in [-0.39, 0.29) is 5.56 Å². The van der Waals surface area contributed by atoms with E-state index >= 15 is 0 Å². The highest BCUT2D eigenvalue weighted by molar-refractivity contribution is 7.26. The number of para-hydroxylation sites is 1. The molecule has 33 heavy (non-hydrogen) atoms. The van der Waals surface area contributed by atoms with Crippen LogP contribution < -0.4 is 0 Å². The van der Waals surface area contributed by atoms with Crippen LogP contribution in [0.15, 0.2) is 91.1 Å². The monoisotopic (exact) mass is 441 g/mol. The Kier molecular flexibility index (Phi) is 2.77. The van der Waals surface area contributed by atoms with Crippen LogP contribution in [0.1, 0.15) is 9.68 Å². The molecule has 0 amide bonds. The van der Waals surface area contributed by atoms with Gasteiger partial charge in [-0.15, -0.1) is 11.3 Å². The van der Waals surface area contributed by atoms with Gasteiger partial charge in [0.05, 0.1) is 22.2 Å². The largest absolute Gasteiger partial charge is 0.307 e. The molecule has 2 nitrogen and oxygen atoms in total. The summed E-state index contributed by atoms with van der Waals surface area (Å²) in [6.07, 6.45) is 1.46. The zero-order valence-corrected chi connectivity index (χ0v) is 18.3. The summed E-state index contributed by atoms with van der Waals surface area (Å²) in [5, 5.41) is 7.54. The van der Waals surface area contributed by atoms with Crippen molar-refractivity contribution in [1.29, 1.82) is 0 Å². The van der Waals surface area contributed by atoms with Gasteiger partial charge in [-0.3, -0.25) is 4.98 Å². The lowest BCUT2D eigenvalue weighted by atomic mass is 10.0. The fraction of sp³-hybridized carbons (Fsp3) is 0.0333. The normalized spacial score (nSPS) is 14.1. The molecule has 8 aromatic rings. The Morgan fingerprint density at radius 2 is 1.58 bits per heavy atom. The summed E-state index contributed by atoms with van der Waals surface area (Å²) >= 11 is 1.84. The molecule has 4 aromatic heterocycles. The Bertz CT molecular complexity index is 2130. The Hall–Kier alpha value is -3.95. The highest BCUT2D eigenvalue weighted by Crippen LogP contribution is 2.45. The predicted molar refractivity (Wildman–Crippen MR) is 142 cm³/mol. The van der Waals surface area contributed by atoms with E-state index in [1.165, 1.54) is 64.5 Å². The second-order valence-electron chi connectivity index (χ2n) is 8.63. The lowest BCUT2D eigenvalue weighted by molar-refractivity contribution is 1.27. The summed E-state index contributed by atoms with van der Waals surface area (Å²) in [6.45, 7) is -2.15. The summed E-state index contributed by atoms with van der Waals surface area (Å²) < 4.78 is 27.9. The number of aromatic nitrogens is 2. The third-order valence-electron chi connectivity index (χ3n) is 6.88. The average molecular weight is 442 g/mol. The van der Waals surface area contributed by atoms with Crippen molar-refractivity contribution in [3.05, 3.63) is 96.7 Å². The molecule has 0 aliphatic rings. The average Bonchev–Trinajstić information content (AvgIpc) is 3.54. The van der Waals surface area contributed by atoms with Crippen molar-refractivity contribution in [2.45, 2.75) is 6.85 Å². The van der Waals surface area contributed by atoms with Crippen molar-refractivity contribution in [3.63, 3.8) is 0 Å². The van der Waals surface area contributed by atoms with Crippen LogP contribution in [0.5, 0.6) is 0 Å². The lowest BCUT2D eigenvalue weighted by Gasteiger charge is -2.04. The van der Waals surface area contributed by atoms with E-state index in [0.717, 1.165) is 11.3 Å². The molecular weight excluding hydrogens is 420 g/mol. The van der Waals surface area contributed by atoms with Crippen LogP contribution in [0.2, 0.25) is 0 Å². The summed E-state index contributed by atoms with van der Waals surface area (Å²) in [4.78, 5) is 4.48. The maximum absolute atomic E-state index is 7.62. The second-order valence-corrected chi connectivity index (χ2v) is 9.72. The molecule has 0 atom stereocenters. The third-order valence-corrected chi connectivity index (χ3v) is 8.01. The quantitative estimate of drug-likeness (QED) is 0.249. The number of rotatable bonds is 1. The number of hydrogen-bond acceptors (Lipinski definition) is 2. The molecule has 0 N–H and O–H groups in total. The van der Waals surface area contributed by atoms with Gasteiger partial charge < -0.3 is 4.40 Å². The third kappa shape index (κ3) is 2.20. The van der Waals surface area contributed by atoms with Crippen LogP contribution in [-0.4, -0.2) is 9.38 Å². The summed E-state index contributed by atoms with van der Waals surface area (Å²) in [7, 11) is 0. The predicted octanol–water partition coefficient (Wildman–Crippen LogP) is 8.58. The van der Waals surface area contributed by atoms with Gasteiger partial charge in [-0.1, -0.05) is 54.6 Å². The summed E-state index contributed by atoms with van der Waals surface area (Å²) in [5.74, 6) is 0. The van der Waals surface area contributed by atoms with Crippen molar-refractivity contribution in [2.24, 2.45) is 0 Å². The number of fused-ring (bicyclic) bond motifs is 10. The topological polar surface area (TPSA) is 17.3 Å². The molecule has 3 heteroatoms. The van der Waals surface area contributed by atoms with E-state index in [9.17, 15) is 0 Å². The molecule has 0 radical (unpaired) electrons. The van der Waals surface area contributed by atoms with Gasteiger partial charge in [-0.05, 0) is 42.7 Å². The first-order valence-electron chi connectivity index (χ1n) is 12.5. The first-order valence-corrected chi connectivity index (χ1v) is 11.8. The SMILES string of the molecule is [2H]C([2H])([2H])c1ccc(-c2ccc3c(c2)c2cccc4c5ccc6sc7ccccc7c6c5n3c24)nc1.